The first kappa shape index (κ1) is 21.7. The predicted molar refractivity (Wildman–Crippen MR) is 107 cm³/mol. The second kappa shape index (κ2) is 10.1. The van der Waals surface area contributed by atoms with Crippen LogP contribution in [0.5, 0.6) is 5.75 Å². The lowest BCUT2D eigenvalue weighted by atomic mass is 9.96. The largest absolute Gasteiger partial charge is 0.492 e. The topological polar surface area (TPSA) is 149 Å². The first-order chi connectivity index (χ1) is 13.9. The van der Waals surface area contributed by atoms with E-state index in [4.69, 9.17) is 26.1 Å². The molecule has 3 rings (SSSR count). The van der Waals surface area contributed by atoms with Crippen LogP contribution in [0.15, 0.2) is 36.5 Å². The zero-order valence-corrected chi connectivity index (χ0v) is 16.1. The van der Waals surface area contributed by atoms with E-state index >= 15 is 0 Å². The van der Waals surface area contributed by atoms with Crippen molar-refractivity contribution < 1.29 is 24.2 Å². The van der Waals surface area contributed by atoms with E-state index in [0.29, 0.717) is 35.8 Å². The van der Waals surface area contributed by atoms with Crippen LogP contribution >= 0.6 is 0 Å². The number of rotatable bonds is 4. The molecule has 1 aliphatic heterocycles. The van der Waals surface area contributed by atoms with Gasteiger partial charge in [0, 0.05) is 30.4 Å². The number of ether oxygens (including phenoxy) is 1. The van der Waals surface area contributed by atoms with Crippen molar-refractivity contribution in [1.82, 2.24) is 9.88 Å². The minimum atomic E-state index is -0.349. The maximum absolute atomic E-state index is 12.7. The summed E-state index contributed by atoms with van der Waals surface area (Å²) in [4.78, 5) is 38.5. The second-order valence-corrected chi connectivity index (χ2v) is 6.46. The summed E-state index contributed by atoms with van der Waals surface area (Å²) < 4.78 is 5.33. The number of primary amides is 1. The molecule has 0 saturated carbocycles. The number of pyridine rings is 1. The van der Waals surface area contributed by atoms with Crippen molar-refractivity contribution in [2.75, 3.05) is 25.9 Å². The number of nitrogens with zero attached hydrogens (tertiary/aromatic N) is 2. The average molecular weight is 400 g/mol. The van der Waals surface area contributed by atoms with E-state index in [1.807, 2.05) is 12.1 Å². The highest BCUT2D eigenvalue weighted by Gasteiger charge is 2.27. The van der Waals surface area contributed by atoms with Crippen LogP contribution in [0.4, 0.5) is 5.69 Å². The van der Waals surface area contributed by atoms with Crippen LogP contribution in [0.25, 0.3) is 11.3 Å². The third-order valence-electron chi connectivity index (χ3n) is 4.66. The number of likely N-dealkylation sites (tertiary alicyclic amines) is 1. The van der Waals surface area contributed by atoms with Gasteiger partial charge in [-0.25, -0.2) is 0 Å². The number of carboxylic acid groups (broad SMARTS) is 1. The smallest absolute Gasteiger partial charge is 0.290 e. The van der Waals surface area contributed by atoms with Crippen LogP contribution in [0, 0.1) is 5.92 Å². The third-order valence-corrected chi connectivity index (χ3v) is 4.66. The lowest BCUT2D eigenvalue weighted by Gasteiger charge is -2.31. The van der Waals surface area contributed by atoms with Crippen molar-refractivity contribution in [3.8, 4) is 17.0 Å². The molecule has 1 aliphatic rings. The van der Waals surface area contributed by atoms with E-state index in [1.54, 1.807) is 36.4 Å². The summed E-state index contributed by atoms with van der Waals surface area (Å²) in [5.41, 5.74) is 13.8. The third kappa shape index (κ3) is 5.22. The Bertz CT molecular complexity index is 870. The van der Waals surface area contributed by atoms with Gasteiger partial charge in [0.25, 0.3) is 12.4 Å². The number of nitrogens with two attached hydrogens (primary N) is 2. The Hall–Kier alpha value is -3.62. The Morgan fingerprint density at radius 1 is 1.28 bits per heavy atom. The minimum absolute atomic E-state index is 0.102. The number of nitrogen functional groups attached to an aromatic ring is 1. The van der Waals surface area contributed by atoms with Gasteiger partial charge in [-0.05, 0) is 31.0 Å². The van der Waals surface area contributed by atoms with Crippen molar-refractivity contribution in [1.29, 1.82) is 0 Å². The number of methoxy groups -OCH3 is 1. The van der Waals surface area contributed by atoms with Crippen LogP contribution < -0.4 is 16.2 Å². The molecule has 1 atom stereocenters. The Kier molecular flexibility index (Phi) is 7.53. The summed E-state index contributed by atoms with van der Waals surface area (Å²) in [6.07, 6.45) is 3.13. The fraction of sp³-hybridized carbons (Fsp3) is 0.300. The molecule has 9 nitrogen and oxygen atoms in total. The summed E-state index contributed by atoms with van der Waals surface area (Å²) in [6.45, 7) is 0.759. The summed E-state index contributed by atoms with van der Waals surface area (Å²) >= 11 is 0. The minimum Gasteiger partial charge on any atom is -0.492 e. The van der Waals surface area contributed by atoms with E-state index in [2.05, 4.69) is 4.98 Å². The fourth-order valence-electron chi connectivity index (χ4n) is 3.23. The van der Waals surface area contributed by atoms with Gasteiger partial charge in [0.2, 0.25) is 5.91 Å². The van der Waals surface area contributed by atoms with Crippen LogP contribution in [-0.2, 0) is 9.59 Å². The molecule has 2 amide bonds. The van der Waals surface area contributed by atoms with Crippen molar-refractivity contribution in [2.45, 2.75) is 12.8 Å². The average Bonchev–Trinajstić information content (AvgIpc) is 2.74. The monoisotopic (exact) mass is 400 g/mol. The van der Waals surface area contributed by atoms with Crippen molar-refractivity contribution >= 4 is 24.0 Å². The number of carbonyl (C=O) groups is 3. The molecule has 1 aromatic carbocycles. The number of piperidine rings is 1. The number of aromatic nitrogens is 1. The van der Waals surface area contributed by atoms with Gasteiger partial charge in [-0.2, -0.15) is 0 Å². The quantitative estimate of drug-likeness (QED) is 0.656. The molecule has 0 aliphatic carbocycles. The van der Waals surface area contributed by atoms with Crippen LogP contribution in [0.2, 0.25) is 0 Å². The zero-order valence-electron chi connectivity index (χ0n) is 16.1. The first-order valence-electron chi connectivity index (χ1n) is 8.98. The van der Waals surface area contributed by atoms with Gasteiger partial charge in [-0.1, -0.05) is 12.1 Å². The van der Waals surface area contributed by atoms with E-state index in [9.17, 15) is 9.59 Å². The normalized spacial score (nSPS) is 15.6. The number of hydrogen-bond acceptors (Lipinski definition) is 6. The second-order valence-electron chi connectivity index (χ2n) is 6.46. The van der Waals surface area contributed by atoms with Crippen LogP contribution in [0.1, 0.15) is 23.2 Å². The molecule has 0 spiro atoms. The number of anilines is 1. The van der Waals surface area contributed by atoms with E-state index in [1.165, 1.54) is 0 Å². The molecule has 1 fully saturated rings. The van der Waals surface area contributed by atoms with E-state index in [-0.39, 0.29) is 24.2 Å². The highest BCUT2D eigenvalue weighted by molar-refractivity contribution is 5.95. The molecule has 2 aromatic rings. The number of amides is 2. The Morgan fingerprint density at radius 2 is 1.93 bits per heavy atom. The summed E-state index contributed by atoms with van der Waals surface area (Å²) in [7, 11) is 1.54. The molecule has 1 saturated heterocycles. The lowest BCUT2D eigenvalue weighted by molar-refractivity contribution is -0.123. The predicted octanol–water partition coefficient (Wildman–Crippen LogP) is 1.38. The van der Waals surface area contributed by atoms with Gasteiger partial charge in [0.1, 0.15) is 5.69 Å². The van der Waals surface area contributed by atoms with Crippen LogP contribution in [-0.4, -0.2) is 53.5 Å². The molecule has 0 radical (unpaired) electrons. The molecule has 29 heavy (non-hydrogen) atoms. The maximum atomic E-state index is 12.7. The van der Waals surface area contributed by atoms with Gasteiger partial charge in [-0.15, -0.1) is 0 Å². The van der Waals surface area contributed by atoms with E-state index in [0.717, 1.165) is 18.4 Å². The SMILES string of the molecule is COc1c(N)ccnc1-c1ccc(C(=O)N2CCCC(C(N)=O)C2)cc1.O=CO. The fourth-order valence-corrected chi connectivity index (χ4v) is 3.23. The molecule has 5 N–H and O–H groups in total. The van der Waals surface area contributed by atoms with Gasteiger partial charge < -0.3 is 26.2 Å². The Morgan fingerprint density at radius 3 is 2.52 bits per heavy atom. The number of carbonyl (C=O) groups excluding carboxylic acids is 2. The summed E-state index contributed by atoms with van der Waals surface area (Å²) in [5.74, 6) is -0.215. The Balaban J connectivity index is 0.000000941. The van der Waals surface area contributed by atoms with Crippen LogP contribution in [0.3, 0.4) is 0 Å². The lowest BCUT2D eigenvalue weighted by Crippen LogP contribution is -2.44. The van der Waals surface area contributed by atoms with Crippen molar-refractivity contribution in [3.63, 3.8) is 0 Å². The van der Waals surface area contributed by atoms with Gasteiger partial charge in [0.15, 0.2) is 5.75 Å². The van der Waals surface area contributed by atoms with Gasteiger partial charge in [0.05, 0.1) is 18.7 Å². The number of benzene rings is 1. The molecular weight excluding hydrogens is 376 g/mol. The van der Waals surface area contributed by atoms with Crippen molar-refractivity contribution in [2.24, 2.45) is 11.7 Å². The van der Waals surface area contributed by atoms with Gasteiger partial charge >= 0.3 is 0 Å². The van der Waals surface area contributed by atoms with Crippen molar-refractivity contribution in [3.05, 3.63) is 42.1 Å². The molecule has 2 heterocycles. The highest BCUT2D eigenvalue weighted by atomic mass is 16.5. The van der Waals surface area contributed by atoms with E-state index < -0.39 is 0 Å². The summed E-state index contributed by atoms with van der Waals surface area (Å²) in [5, 5.41) is 6.89. The Labute approximate surface area is 168 Å². The standard InChI is InChI=1S/C19H22N4O3.CH2O2/c1-26-17-15(20)8-9-22-16(17)12-4-6-13(7-5-12)19(25)23-10-2-3-14(11-23)18(21)24;2-1-3/h4-9,14H,2-3,10-11H2,1H3,(H2,20,22)(H2,21,24);1H,(H,2,3). The summed E-state index contributed by atoms with van der Waals surface area (Å²) in [6, 6.07) is 8.79. The molecule has 1 unspecified atom stereocenters. The highest BCUT2D eigenvalue weighted by Crippen LogP contribution is 2.32. The molecule has 1 aromatic heterocycles. The molecule has 0 bridgehead atoms. The molecule has 154 valence electrons. The maximum Gasteiger partial charge on any atom is 0.290 e. The zero-order chi connectivity index (χ0) is 21.4. The molecular formula is C20H24N4O5. The first-order valence-corrected chi connectivity index (χ1v) is 8.98. The molecule has 9 heteroatoms. The van der Waals surface area contributed by atoms with Gasteiger partial charge in [-0.3, -0.25) is 19.4 Å². The number of hydrogen-bond donors (Lipinski definition) is 3.